The summed E-state index contributed by atoms with van der Waals surface area (Å²) in [5.41, 5.74) is -1.34. The number of nitrogens with one attached hydrogen (secondary N) is 1. The van der Waals surface area contributed by atoms with Crippen LogP contribution in [0, 0.1) is 11.8 Å². The van der Waals surface area contributed by atoms with Crippen molar-refractivity contribution >= 4 is 23.3 Å². The van der Waals surface area contributed by atoms with Gasteiger partial charge < -0.3 is 30.6 Å². The maximum Gasteiger partial charge on any atom is 0.251 e. The van der Waals surface area contributed by atoms with E-state index < -0.39 is 57.9 Å². The minimum atomic E-state index is -2.62. The van der Waals surface area contributed by atoms with Gasteiger partial charge in [-0.2, -0.15) is 0 Å². The highest BCUT2D eigenvalue weighted by atomic mass is 16.3. The largest absolute Gasteiger partial charge is 0.510 e. The summed E-state index contributed by atoms with van der Waals surface area (Å²) in [6.45, 7) is 2.21. The quantitative estimate of drug-likeness (QED) is 0.296. The van der Waals surface area contributed by atoms with Crippen molar-refractivity contribution in [3.63, 3.8) is 0 Å². The average molecular weight is 604 g/mol. The number of carbonyl (C=O) groups excluding carboxylic acids is 4. The van der Waals surface area contributed by atoms with Crippen LogP contribution in [0.5, 0.6) is 5.75 Å². The lowest BCUT2D eigenvalue weighted by molar-refractivity contribution is -0.148. The van der Waals surface area contributed by atoms with Gasteiger partial charge in [0.05, 0.1) is 11.6 Å². The third-order valence-electron chi connectivity index (χ3n) is 8.99. The normalized spacial score (nSPS) is 24.8. The SMILES string of the molecule is CC(=O)C1=C(O)[C@@H](N(C)C)[C@@H]2C[C@@H]3Cc4c(-c5cccc(C(=O)NCCN(C)C)c5)ccc(O)c4C(=O)C3=C(O)[C@]2(O)C1=O. The molecule has 0 radical (unpaired) electrons. The van der Waals surface area contributed by atoms with E-state index in [-0.39, 0.29) is 35.6 Å². The van der Waals surface area contributed by atoms with Crippen LogP contribution < -0.4 is 5.32 Å². The minimum Gasteiger partial charge on any atom is -0.510 e. The molecule has 0 heterocycles. The Labute approximate surface area is 255 Å². The second-order valence-electron chi connectivity index (χ2n) is 12.3. The van der Waals surface area contributed by atoms with Crippen LogP contribution in [0.4, 0.5) is 0 Å². The van der Waals surface area contributed by atoms with Crippen LogP contribution in [0.25, 0.3) is 11.1 Å². The van der Waals surface area contributed by atoms with Crippen LogP contribution in [0.2, 0.25) is 0 Å². The molecule has 44 heavy (non-hydrogen) atoms. The van der Waals surface area contributed by atoms with Crippen LogP contribution in [-0.4, -0.2) is 106 Å². The van der Waals surface area contributed by atoms with E-state index >= 15 is 0 Å². The number of Topliss-reactive ketones (excluding diaryl/α,β-unsaturated/α-hetero) is 3. The molecular weight excluding hydrogens is 566 g/mol. The third-order valence-corrected chi connectivity index (χ3v) is 8.99. The van der Waals surface area contributed by atoms with Gasteiger partial charge in [0.15, 0.2) is 17.2 Å². The van der Waals surface area contributed by atoms with Gasteiger partial charge in [-0.05, 0) is 88.8 Å². The smallest absolute Gasteiger partial charge is 0.251 e. The molecular formula is C33H37N3O8. The second kappa shape index (κ2) is 11.3. The number of phenolic OH excluding ortho intramolecular Hbond substituents is 1. The van der Waals surface area contributed by atoms with E-state index in [9.17, 15) is 39.6 Å². The second-order valence-corrected chi connectivity index (χ2v) is 12.3. The van der Waals surface area contributed by atoms with E-state index in [2.05, 4.69) is 5.32 Å². The molecule has 2 aromatic carbocycles. The predicted molar refractivity (Wildman–Crippen MR) is 161 cm³/mol. The van der Waals surface area contributed by atoms with Gasteiger partial charge in [0, 0.05) is 30.1 Å². The molecule has 0 aliphatic heterocycles. The maximum atomic E-state index is 14.0. The van der Waals surface area contributed by atoms with Crippen molar-refractivity contribution in [2.24, 2.45) is 11.8 Å². The summed E-state index contributed by atoms with van der Waals surface area (Å²) < 4.78 is 0. The first-order valence-corrected chi connectivity index (χ1v) is 14.4. The Balaban J connectivity index is 1.60. The van der Waals surface area contributed by atoms with Crippen molar-refractivity contribution in [1.82, 2.24) is 15.1 Å². The maximum absolute atomic E-state index is 14.0. The molecule has 0 saturated carbocycles. The summed E-state index contributed by atoms with van der Waals surface area (Å²) in [6.07, 6.45) is 0.183. The van der Waals surface area contributed by atoms with Gasteiger partial charge in [-0.25, -0.2) is 0 Å². The summed E-state index contributed by atoms with van der Waals surface area (Å²) in [7, 11) is 7.05. The number of nitrogens with zero attached hydrogens (tertiary/aromatic N) is 2. The molecule has 3 aliphatic rings. The molecule has 0 bridgehead atoms. The molecule has 5 rings (SSSR count). The Morgan fingerprint density at radius 2 is 1.75 bits per heavy atom. The van der Waals surface area contributed by atoms with E-state index in [0.29, 0.717) is 35.3 Å². The van der Waals surface area contributed by atoms with Gasteiger partial charge in [0.1, 0.15) is 22.8 Å². The number of aliphatic hydroxyl groups excluding tert-OH is 2. The number of rotatable bonds is 7. The van der Waals surface area contributed by atoms with Gasteiger partial charge in [-0.1, -0.05) is 18.2 Å². The van der Waals surface area contributed by atoms with Crippen molar-refractivity contribution in [3.8, 4) is 16.9 Å². The van der Waals surface area contributed by atoms with Gasteiger partial charge in [0.2, 0.25) is 5.78 Å². The molecule has 0 fully saturated rings. The Bertz CT molecular complexity index is 1660. The first-order chi connectivity index (χ1) is 20.7. The molecule has 232 valence electrons. The zero-order chi connectivity index (χ0) is 32.2. The highest BCUT2D eigenvalue weighted by Gasteiger charge is 2.63. The number of amides is 1. The van der Waals surface area contributed by atoms with Gasteiger partial charge in [-0.15, -0.1) is 0 Å². The highest BCUT2D eigenvalue weighted by molar-refractivity contribution is 6.25. The van der Waals surface area contributed by atoms with Gasteiger partial charge in [0.25, 0.3) is 5.91 Å². The lowest BCUT2D eigenvalue weighted by Crippen LogP contribution is -2.63. The van der Waals surface area contributed by atoms with E-state index in [4.69, 9.17) is 0 Å². The Morgan fingerprint density at radius 3 is 2.39 bits per heavy atom. The molecule has 3 aliphatic carbocycles. The van der Waals surface area contributed by atoms with E-state index in [0.717, 1.165) is 6.92 Å². The molecule has 0 spiro atoms. The Kier molecular flexibility index (Phi) is 8.00. The molecule has 5 N–H and O–H groups in total. The van der Waals surface area contributed by atoms with Crippen molar-refractivity contribution in [1.29, 1.82) is 0 Å². The first kappa shape index (κ1) is 31.1. The lowest BCUT2D eigenvalue weighted by Gasteiger charge is -2.50. The molecule has 2 aromatic rings. The van der Waals surface area contributed by atoms with Crippen LogP contribution in [-0.2, 0) is 16.0 Å². The first-order valence-electron chi connectivity index (χ1n) is 14.4. The number of allylic oxidation sites excluding steroid dienone is 1. The summed E-state index contributed by atoms with van der Waals surface area (Å²) >= 11 is 0. The fourth-order valence-corrected chi connectivity index (χ4v) is 6.95. The van der Waals surface area contributed by atoms with Crippen LogP contribution >= 0.6 is 0 Å². The topological polar surface area (TPSA) is 168 Å². The van der Waals surface area contributed by atoms with Crippen molar-refractivity contribution in [2.75, 3.05) is 41.3 Å². The van der Waals surface area contributed by atoms with E-state index in [1.807, 2.05) is 19.0 Å². The number of hydrogen-bond donors (Lipinski definition) is 5. The predicted octanol–water partition coefficient (Wildman–Crippen LogP) is 2.18. The molecule has 0 aromatic heterocycles. The molecule has 11 nitrogen and oxygen atoms in total. The van der Waals surface area contributed by atoms with Crippen LogP contribution in [0.15, 0.2) is 59.1 Å². The summed E-state index contributed by atoms with van der Waals surface area (Å²) in [4.78, 5) is 56.3. The zero-order valence-corrected chi connectivity index (χ0v) is 25.3. The van der Waals surface area contributed by atoms with Crippen LogP contribution in [0.3, 0.4) is 0 Å². The fraction of sp³-hybridized carbons (Fsp3) is 0.394. The van der Waals surface area contributed by atoms with E-state index in [1.54, 1.807) is 49.3 Å². The summed E-state index contributed by atoms with van der Waals surface area (Å²) in [5, 5.41) is 48.1. The highest BCUT2D eigenvalue weighted by Crippen LogP contribution is 2.53. The van der Waals surface area contributed by atoms with Crippen molar-refractivity contribution in [3.05, 3.63) is 75.8 Å². The monoisotopic (exact) mass is 603 g/mol. The number of phenols is 1. The molecule has 0 saturated heterocycles. The van der Waals surface area contributed by atoms with E-state index in [1.165, 1.54) is 6.07 Å². The molecule has 1 amide bonds. The third kappa shape index (κ3) is 4.81. The molecule has 4 atom stereocenters. The number of fused-ring (bicyclic) bond motifs is 3. The number of aromatic hydroxyl groups is 1. The van der Waals surface area contributed by atoms with Crippen molar-refractivity contribution in [2.45, 2.75) is 31.4 Å². The Morgan fingerprint density at radius 1 is 1.05 bits per heavy atom. The summed E-state index contributed by atoms with van der Waals surface area (Å²) in [6, 6.07) is 8.94. The van der Waals surface area contributed by atoms with Crippen LogP contribution in [0.1, 0.15) is 39.6 Å². The number of benzene rings is 2. The number of likely N-dealkylation sites (N-methyl/N-ethyl adjacent to an activating group) is 2. The number of ketones is 3. The zero-order valence-electron chi connectivity index (χ0n) is 25.3. The number of carbonyl (C=O) groups is 4. The lowest BCUT2D eigenvalue weighted by atomic mass is 9.58. The molecule has 11 heteroatoms. The Hall–Kier alpha value is -4.32. The standard InChI is InChI=1S/C33H37N3O8/c1-16(37)24-29(40)27(36(4)5)22-15-19-14-21-20(17-7-6-8-18(13-17)32(43)34-11-12-35(2)3)9-10-23(38)26(21)28(39)25(19)31(42)33(22,44)30(24)41/h6-10,13,19,22,27,38,40,42,44H,11-12,14-15H2,1-5H3,(H,34,43)/t19-,22-,27-,33+/m0/s1. The number of hydrogen-bond acceptors (Lipinski definition) is 10. The molecule has 0 unspecified atom stereocenters. The average Bonchev–Trinajstić information content (AvgIpc) is 2.94. The van der Waals surface area contributed by atoms with Gasteiger partial charge in [-0.3, -0.25) is 24.1 Å². The minimum absolute atomic E-state index is 0.0221. The van der Waals surface area contributed by atoms with Gasteiger partial charge >= 0.3 is 0 Å². The van der Waals surface area contributed by atoms with Crippen molar-refractivity contribution < 1.29 is 39.6 Å². The number of aliphatic hydroxyl groups is 3. The summed E-state index contributed by atoms with van der Waals surface area (Å²) in [5.74, 6) is -6.37. The fourth-order valence-electron chi connectivity index (χ4n) is 6.95.